The topological polar surface area (TPSA) is 0 Å². The number of rotatable bonds is 2. The monoisotopic (exact) mass is 150 g/mol. The van der Waals surface area contributed by atoms with E-state index >= 15 is 0 Å². The Morgan fingerprint density at radius 3 is 2.80 bits per heavy atom. The van der Waals surface area contributed by atoms with Gasteiger partial charge in [0.05, 0.1) is 0 Å². The van der Waals surface area contributed by atoms with Crippen LogP contribution < -0.4 is 0 Å². The molecule has 0 aliphatic heterocycles. The summed E-state index contributed by atoms with van der Waals surface area (Å²) in [6, 6.07) is 0. The van der Waals surface area contributed by atoms with Gasteiger partial charge in [0.25, 0.3) is 0 Å². The maximum Gasteiger partial charge on any atom is 0.0234 e. The van der Waals surface area contributed by atoms with Crippen molar-refractivity contribution in [3.05, 3.63) is 35.5 Å². The lowest BCUT2D eigenvalue weighted by molar-refractivity contribution is 0.842. The van der Waals surface area contributed by atoms with Crippen molar-refractivity contribution >= 4 is 12.6 Å². The summed E-state index contributed by atoms with van der Waals surface area (Å²) in [4.78, 5) is 0. The fourth-order valence-corrected chi connectivity index (χ4v) is 1.73. The van der Waals surface area contributed by atoms with Gasteiger partial charge in [0.1, 0.15) is 0 Å². The smallest absolute Gasteiger partial charge is 0.0234 e. The van der Waals surface area contributed by atoms with Crippen LogP contribution in [0.1, 0.15) is 6.42 Å². The van der Waals surface area contributed by atoms with E-state index in [2.05, 4.69) is 36.9 Å². The fraction of sp³-hybridized carbons (Fsp3) is 0.333. The van der Waals surface area contributed by atoms with E-state index in [-0.39, 0.29) is 0 Å². The van der Waals surface area contributed by atoms with Gasteiger partial charge in [-0.2, -0.15) is 12.6 Å². The van der Waals surface area contributed by atoms with Gasteiger partial charge in [0, 0.05) is 5.92 Å². The lowest BCUT2D eigenvalue weighted by Gasteiger charge is -2.19. The Morgan fingerprint density at radius 1 is 1.40 bits per heavy atom. The van der Waals surface area contributed by atoms with Crippen molar-refractivity contribution in [1.29, 1.82) is 0 Å². The minimum absolute atomic E-state index is 0.673. The van der Waals surface area contributed by atoms with Crippen LogP contribution >= 0.6 is 12.6 Å². The highest BCUT2D eigenvalue weighted by atomic mass is 32.1. The Labute approximate surface area is 66.7 Å². The van der Waals surface area contributed by atoms with Crippen LogP contribution in [0.15, 0.2) is 35.5 Å². The highest BCUT2D eigenvalue weighted by Crippen LogP contribution is 2.37. The van der Waals surface area contributed by atoms with Gasteiger partial charge in [-0.15, -0.1) is 0 Å². The third-order valence-corrected chi connectivity index (χ3v) is 2.35. The second-order valence-electron chi connectivity index (χ2n) is 2.72. The molecule has 0 amide bonds. The minimum Gasteiger partial charge on any atom is -0.179 e. The van der Waals surface area contributed by atoms with Gasteiger partial charge in [0.2, 0.25) is 0 Å². The average molecular weight is 150 g/mol. The summed E-state index contributed by atoms with van der Waals surface area (Å²) in [5, 5.41) is 0. The van der Waals surface area contributed by atoms with Gasteiger partial charge in [-0.3, -0.25) is 0 Å². The summed E-state index contributed by atoms with van der Waals surface area (Å²) in [7, 11) is 0. The summed E-state index contributed by atoms with van der Waals surface area (Å²) in [6.45, 7) is 0. The molecule has 10 heavy (non-hydrogen) atoms. The quantitative estimate of drug-likeness (QED) is 0.574. The van der Waals surface area contributed by atoms with Crippen molar-refractivity contribution in [2.75, 3.05) is 5.75 Å². The third kappa shape index (κ3) is 0.772. The minimum atomic E-state index is 0.673. The maximum absolute atomic E-state index is 4.20. The summed E-state index contributed by atoms with van der Waals surface area (Å²) in [5.74, 6) is 1.64. The highest BCUT2D eigenvalue weighted by molar-refractivity contribution is 7.80. The van der Waals surface area contributed by atoms with Crippen molar-refractivity contribution in [3.63, 3.8) is 0 Å². The van der Waals surface area contributed by atoms with Crippen LogP contribution in [0.3, 0.4) is 0 Å². The van der Waals surface area contributed by atoms with Gasteiger partial charge < -0.3 is 0 Å². The molecule has 0 aromatic rings. The number of thiol groups is 1. The van der Waals surface area contributed by atoms with Gasteiger partial charge in [-0.25, -0.2) is 0 Å². The molecule has 1 unspecified atom stereocenters. The zero-order valence-corrected chi connectivity index (χ0v) is 6.64. The molecule has 2 aliphatic carbocycles. The van der Waals surface area contributed by atoms with Crippen LogP contribution in [-0.4, -0.2) is 5.75 Å². The molecule has 0 N–H and O–H groups in total. The van der Waals surface area contributed by atoms with E-state index in [0.717, 1.165) is 12.2 Å². The molecule has 0 bridgehead atoms. The Balaban J connectivity index is 2.09. The van der Waals surface area contributed by atoms with Crippen molar-refractivity contribution in [3.8, 4) is 0 Å². The molecule has 52 valence electrons. The van der Waals surface area contributed by atoms with Crippen molar-refractivity contribution in [2.45, 2.75) is 6.42 Å². The van der Waals surface area contributed by atoms with Crippen LogP contribution in [-0.2, 0) is 0 Å². The zero-order chi connectivity index (χ0) is 6.97. The normalized spacial score (nSPS) is 27.1. The third-order valence-electron chi connectivity index (χ3n) is 2.13. The Morgan fingerprint density at radius 2 is 2.30 bits per heavy atom. The number of allylic oxidation sites excluding steroid dienone is 6. The SMILES string of the molecule is SCCC1=CC=C2C=CC21. The van der Waals surface area contributed by atoms with Crippen molar-refractivity contribution in [1.82, 2.24) is 0 Å². The van der Waals surface area contributed by atoms with Crippen LogP contribution in [0.2, 0.25) is 0 Å². The van der Waals surface area contributed by atoms with Gasteiger partial charge >= 0.3 is 0 Å². The first kappa shape index (κ1) is 6.29. The summed E-state index contributed by atoms with van der Waals surface area (Å²) in [5.41, 5.74) is 3.02. The summed E-state index contributed by atoms with van der Waals surface area (Å²) >= 11 is 4.20. The summed E-state index contributed by atoms with van der Waals surface area (Å²) < 4.78 is 0. The molecular weight excluding hydrogens is 140 g/mol. The molecule has 0 radical (unpaired) electrons. The maximum atomic E-state index is 4.20. The molecule has 0 fully saturated rings. The Bertz CT molecular complexity index is 233. The first-order chi connectivity index (χ1) is 4.92. The average Bonchev–Trinajstić information content (AvgIpc) is 2.08. The Hall–Kier alpha value is -0.430. The predicted molar refractivity (Wildman–Crippen MR) is 47.3 cm³/mol. The van der Waals surface area contributed by atoms with Gasteiger partial charge in [0.15, 0.2) is 0 Å². The van der Waals surface area contributed by atoms with Crippen LogP contribution in [0.25, 0.3) is 0 Å². The van der Waals surface area contributed by atoms with Gasteiger partial charge in [-0.1, -0.05) is 29.9 Å². The van der Waals surface area contributed by atoms with Crippen LogP contribution in [0, 0.1) is 5.92 Å². The van der Waals surface area contributed by atoms with Crippen LogP contribution in [0.5, 0.6) is 0 Å². The highest BCUT2D eigenvalue weighted by Gasteiger charge is 2.23. The predicted octanol–water partition coefficient (Wildman–Crippen LogP) is 2.36. The molecule has 0 nitrogen and oxygen atoms in total. The lowest BCUT2D eigenvalue weighted by atomic mass is 9.85. The van der Waals surface area contributed by atoms with Crippen molar-refractivity contribution < 1.29 is 0 Å². The van der Waals surface area contributed by atoms with Crippen LogP contribution in [0.4, 0.5) is 0 Å². The van der Waals surface area contributed by atoms with E-state index in [1.807, 2.05) is 0 Å². The standard InChI is InChI=1S/C9H10S/c10-6-5-8-2-1-7-3-4-9(7)8/h1-4,9-10H,5-6H2. The fourth-order valence-electron chi connectivity index (χ4n) is 1.48. The van der Waals surface area contributed by atoms with Crippen molar-refractivity contribution in [2.24, 2.45) is 5.92 Å². The number of hydrogen-bond donors (Lipinski definition) is 1. The molecule has 0 saturated carbocycles. The molecule has 0 aromatic heterocycles. The largest absolute Gasteiger partial charge is 0.179 e. The van der Waals surface area contributed by atoms with E-state index in [9.17, 15) is 0 Å². The van der Waals surface area contributed by atoms with E-state index in [4.69, 9.17) is 0 Å². The molecular formula is C9H10S. The van der Waals surface area contributed by atoms with Gasteiger partial charge in [-0.05, 0) is 17.7 Å². The second-order valence-corrected chi connectivity index (χ2v) is 3.17. The van der Waals surface area contributed by atoms with E-state index in [0.29, 0.717) is 5.92 Å². The van der Waals surface area contributed by atoms with E-state index in [1.165, 1.54) is 11.1 Å². The molecule has 0 heterocycles. The first-order valence-corrected chi connectivity index (χ1v) is 4.25. The molecule has 0 saturated heterocycles. The molecule has 1 atom stereocenters. The number of fused-ring (bicyclic) bond motifs is 1. The van der Waals surface area contributed by atoms with E-state index in [1.54, 1.807) is 0 Å². The lowest BCUT2D eigenvalue weighted by Crippen LogP contribution is -2.06. The molecule has 0 spiro atoms. The first-order valence-electron chi connectivity index (χ1n) is 3.61. The second kappa shape index (κ2) is 2.31. The molecule has 2 aliphatic rings. The molecule has 2 rings (SSSR count). The Kier molecular flexibility index (Phi) is 1.46. The van der Waals surface area contributed by atoms with E-state index < -0.39 is 0 Å². The zero-order valence-electron chi connectivity index (χ0n) is 5.75. The molecule has 1 heteroatoms. The number of hydrogen-bond acceptors (Lipinski definition) is 1. The molecule has 0 aromatic carbocycles. The summed E-state index contributed by atoms with van der Waals surface area (Å²) in [6.07, 6.45) is 10.0.